The highest BCUT2D eigenvalue weighted by Gasteiger charge is 2.17. The first-order valence-electron chi connectivity index (χ1n) is 6.29. The molecule has 0 fully saturated rings. The van der Waals surface area contributed by atoms with Crippen molar-refractivity contribution >= 4 is 11.6 Å². The van der Waals surface area contributed by atoms with Gasteiger partial charge in [-0.15, -0.1) is 0 Å². The van der Waals surface area contributed by atoms with E-state index in [1.807, 2.05) is 20.8 Å². The monoisotopic (exact) mass is 271 g/mol. The van der Waals surface area contributed by atoms with Crippen molar-refractivity contribution in [1.82, 2.24) is 9.97 Å². The predicted molar refractivity (Wildman–Crippen MR) is 76.8 cm³/mol. The maximum absolute atomic E-state index is 12.0. The Kier molecular flexibility index (Phi) is 3.70. The standard InChI is InChI=1S/C15H17N3O2/c1-15(2,3)13-9-16-12(8-17-13)14(20)18-10-5-4-6-11(19)7-10/h4-9,19H,1-3H3,(H,18,20). The van der Waals surface area contributed by atoms with Crippen LogP contribution < -0.4 is 5.32 Å². The van der Waals surface area contributed by atoms with Crippen LogP contribution in [0.3, 0.4) is 0 Å². The number of rotatable bonds is 2. The molecule has 0 spiro atoms. The second-order valence-electron chi connectivity index (χ2n) is 5.54. The molecule has 0 aliphatic heterocycles. The molecule has 0 saturated heterocycles. The number of phenols is 1. The van der Waals surface area contributed by atoms with Gasteiger partial charge >= 0.3 is 0 Å². The van der Waals surface area contributed by atoms with Crippen molar-refractivity contribution in [3.8, 4) is 5.75 Å². The van der Waals surface area contributed by atoms with Crippen molar-refractivity contribution in [1.29, 1.82) is 0 Å². The van der Waals surface area contributed by atoms with E-state index < -0.39 is 0 Å². The van der Waals surface area contributed by atoms with Crippen LogP contribution in [-0.2, 0) is 5.41 Å². The fourth-order valence-electron chi connectivity index (χ4n) is 1.61. The number of aromatic hydroxyl groups is 1. The number of amides is 1. The zero-order chi connectivity index (χ0) is 14.8. The molecule has 2 aromatic rings. The topological polar surface area (TPSA) is 75.1 Å². The SMILES string of the molecule is CC(C)(C)c1cnc(C(=O)Nc2cccc(O)c2)cn1. The highest BCUT2D eigenvalue weighted by atomic mass is 16.3. The number of nitrogens with zero attached hydrogens (tertiary/aromatic N) is 2. The lowest BCUT2D eigenvalue weighted by Crippen LogP contribution is -2.18. The highest BCUT2D eigenvalue weighted by molar-refractivity contribution is 6.02. The maximum Gasteiger partial charge on any atom is 0.275 e. The van der Waals surface area contributed by atoms with Crippen LogP contribution in [-0.4, -0.2) is 21.0 Å². The van der Waals surface area contributed by atoms with Gasteiger partial charge in [-0.05, 0) is 12.1 Å². The number of hydrogen-bond acceptors (Lipinski definition) is 4. The Labute approximate surface area is 117 Å². The largest absolute Gasteiger partial charge is 0.508 e. The van der Waals surface area contributed by atoms with Gasteiger partial charge in [0, 0.05) is 23.4 Å². The Morgan fingerprint density at radius 1 is 1.20 bits per heavy atom. The number of benzene rings is 1. The van der Waals surface area contributed by atoms with Crippen LogP contribution in [0.25, 0.3) is 0 Å². The molecule has 1 amide bonds. The molecule has 5 heteroatoms. The van der Waals surface area contributed by atoms with Crippen LogP contribution in [0.4, 0.5) is 5.69 Å². The van der Waals surface area contributed by atoms with Gasteiger partial charge in [-0.3, -0.25) is 9.78 Å². The van der Waals surface area contributed by atoms with Gasteiger partial charge in [-0.2, -0.15) is 0 Å². The summed E-state index contributed by atoms with van der Waals surface area (Å²) in [4.78, 5) is 20.4. The molecule has 1 heterocycles. The van der Waals surface area contributed by atoms with Crippen LogP contribution in [0.5, 0.6) is 5.75 Å². The summed E-state index contributed by atoms with van der Waals surface area (Å²) in [5, 5.41) is 12.0. The van der Waals surface area contributed by atoms with E-state index >= 15 is 0 Å². The van der Waals surface area contributed by atoms with E-state index in [0.29, 0.717) is 5.69 Å². The molecule has 2 N–H and O–H groups in total. The third-order valence-corrected chi connectivity index (χ3v) is 2.76. The molecule has 0 saturated carbocycles. The van der Waals surface area contributed by atoms with Crippen LogP contribution in [0.1, 0.15) is 37.0 Å². The molecule has 20 heavy (non-hydrogen) atoms. The second kappa shape index (κ2) is 5.28. The third-order valence-electron chi connectivity index (χ3n) is 2.76. The smallest absolute Gasteiger partial charge is 0.275 e. The lowest BCUT2D eigenvalue weighted by Gasteiger charge is -2.16. The molecule has 0 unspecified atom stereocenters. The summed E-state index contributed by atoms with van der Waals surface area (Å²) in [6, 6.07) is 6.34. The van der Waals surface area contributed by atoms with E-state index in [9.17, 15) is 9.90 Å². The number of aromatic nitrogens is 2. The molecule has 0 aliphatic rings. The molecule has 0 radical (unpaired) electrons. The Balaban J connectivity index is 2.14. The summed E-state index contributed by atoms with van der Waals surface area (Å²) in [5.74, 6) is -0.263. The van der Waals surface area contributed by atoms with Gasteiger partial charge in [0.1, 0.15) is 11.4 Å². The second-order valence-corrected chi connectivity index (χ2v) is 5.54. The third kappa shape index (κ3) is 3.32. The minimum atomic E-state index is -0.358. The van der Waals surface area contributed by atoms with Gasteiger partial charge in [0.05, 0.1) is 11.9 Å². The Bertz CT molecular complexity index is 616. The Hall–Kier alpha value is -2.43. The minimum Gasteiger partial charge on any atom is -0.508 e. The van der Waals surface area contributed by atoms with Crippen molar-refractivity contribution < 1.29 is 9.90 Å². The normalized spacial score (nSPS) is 11.2. The van der Waals surface area contributed by atoms with E-state index in [2.05, 4.69) is 15.3 Å². The molecule has 5 nitrogen and oxygen atoms in total. The van der Waals surface area contributed by atoms with Crippen LogP contribution in [0.2, 0.25) is 0 Å². The summed E-state index contributed by atoms with van der Waals surface area (Å²) < 4.78 is 0. The number of hydrogen-bond donors (Lipinski definition) is 2. The molecule has 0 bridgehead atoms. The van der Waals surface area contributed by atoms with Crippen LogP contribution in [0.15, 0.2) is 36.7 Å². The van der Waals surface area contributed by atoms with Crippen molar-refractivity contribution in [2.24, 2.45) is 0 Å². The molecular weight excluding hydrogens is 254 g/mol. The maximum atomic E-state index is 12.0. The van der Waals surface area contributed by atoms with E-state index in [0.717, 1.165) is 5.69 Å². The quantitative estimate of drug-likeness (QED) is 0.880. The van der Waals surface area contributed by atoms with Crippen LogP contribution in [0, 0.1) is 0 Å². The molecule has 0 aliphatic carbocycles. The zero-order valence-electron chi connectivity index (χ0n) is 11.7. The van der Waals surface area contributed by atoms with Gasteiger partial charge in [-0.25, -0.2) is 4.98 Å². The molecular formula is C15H17N3O2. The van der Waals surface area contributed by atoms with Gasteiger partial charge in [0.2, 0.25) is 0 Å². The Morgan fingerprint density at radius 2 is 1.95 bits per heavy atom. The molecule has 1 aromatic carbocycles. The van der Waals surface area contributed by atoms with Gasteiger partial charge in [0.15, 0.2) is 0 Å². The van der Waals surface area contributed by atoms with Crippen molar-refractivity contribution in [2.45, 2.75) is 26.2 Å². The fraction of sp³-hybridized carbons (Fsp3) is 0.267. The minimum absolute atomic E-state index is 0.0944. The van der Waals surface area contributed by atoms with Gasteiger partial charge < -0.3 is 10.4 Å². The summed E-state index contributed by atoms with van der Waals surface area (Å²) in [6.07, 6.45) is 3.07. The van der Waals surface area contributed by atoms with E-state index in [-0.39, 0.29) is 22.8 Å². The first-order valence-corrected chi connectivity index (χ1v) is 6.29. The number of carbonyl (C=O) groups excluding carboxylic acids is 1. The summed E-state index contributed by atoms with van der Waals surface area (Å²) >= 11 is 0. The van der Waals surface area contributed by atoms with Gasteiger partial charge in [0.25, 0.3) is 5.91 Å². The number of nitrogens with one attached hydrogen (secondary N) is 1. The van der Waals surface area contributed by atoms with E-state index in [1.54, 1.807) is 18.3 Å². The molecule has 2 rings (SSSR count). The van der Waals surface area contributed by atoms with E-state index in [4.69, 9.17) is 0 Å². The first kappa shape index (κ1) is 14.0. The number of phenolic OH excluding ortho intramolecular Hbond substituents is 1. The average molecular weight is 271 g/mol. The molecule has 0 atom stereocenters. The van der Waals surface area contributed by atoms with Crippen molar-refractivity contribution in [2.75, 3.05) is 5.32 Å². The summed E-state index contributed by atoms with van der Waals surface area (Å²) in [5.41, 5.74) is 1.47. The van der Waals surface area contributed by atoms with Crippen molar-refractivity contribution in [3.05, 3.63) is 48.0 Å². The summed E-state index contributed by atoms with van der Waals surface area (Å²) in [6.45, 7) is 6.09. The molecule has 1 aromatic heterocycles. The number of anilines is 1. The predicted octanol–water partition coefficient (Wildman–Crippen LogP) is 2.73. The Morgan fingerprint density at radius 3 is 2.50 bits per heavy atom. The van der Waals surface area contributed by atoms with Crippen molar-refractivity contribution in [3.63, 3.8) is 0 Å². The lowest BCUT2D eigenvalue weighted by atomic mass is 9.93. The fourth-order valence-corrected chi connectivity index (χ4v) is 1.61. The van der Waals surface area contributed by atoms with Gasteiger partial charge in [-0.1, -0.05) is 26.8 Å². The highest BCUT2D eigenvalue weighted by Crippen LogP contribution is 2.19. The first-order chi connectivity index (χ1) is 9.36. The lowest BCUT2D eigenvalue weighted by molar-refractivity contribution is 0.102. The number of carbonyl (C=O) groups is 1. The molecule has 104 valence electrons. The average Bonchev–Trinajstić information content (AvgIpc) is 2.38. The van der Waals surface area contributed by atoms with E-state index in [1.165, 1.54) is 18.3 Å². The summed E-state index contributed by atoms with van der Waals surface area (Å²) in [7, 11) is 0. The zero-order valence-corrected chi connectivity index (χ0v) is 11.7. The van der Waals surface area contributed by atoms with Crippen LogP contribution >= 0.6 is 0 Å².